The number of benzene rings is 6. The molecule has 0 aliphatic heterocycles. The Morgan fingerprint density at radius 2 is 0.971 bits per heavy atom. The van der Waals surface area contributed by atoms with Crippen LogP contribution in [0.2, 0.25) is 5.02 Å². The fourth-order valence-corrected chi connectivity index (χ4v) is 5.88. The fraction of sp³-hybridized carbons (Fsp3) is 0. The Balaban J connectivity index is 1.76. The van der Waals surface area contributed by atoms with Crippen molar-refractivity contribution in [3.63, 3.8) is 0 Å². The Hall–Kier alpha value is -4.01. The second-order valence-electron chi connectivity index (χ2n) is 8.89. The average Bonchev–Trinajstić information content (AvgIpc) is 3.20. The van der Waals surface area contributed by atoms with Crippen LogP contribution in [0.3, 0.4) is 0 Å². The van der Waals surface area contributed by atoms with Gasteiger partial charge in [0.25, 0.3) is 0 Å². The molecule has 6 aromatic carbocycles. The molecule has 166 valence electrons. The first kappa shape index (κ1) is 20.4. The lowest BCUT2D eigenvalue weighted by Gasteiger charge is -2.21. The average molecular weight is 475 g/mol. The number of hydrogen-bond acceptors (Lipinski definition) is 0. The molecule has 7 rings (SSSR count). The van der Waals surface area contributed by atoms with Gasteiger partial charge < -0.3 is 0 Å². The zero-order valence-corrected chi connectivity index (χ0v) is 19.2. The van der Waals surface area contributed by atoms with Crippen LogP contribution in [0.1, 0.15) is 0 Å². The first-order valence-corrected chi connectivity index (χ1v) is 11.8. The van der Waals surface area contributed by atoms with Crippen LogP contribution >= 0.6 is 11.6 Å². The van der Waals surface area contributed by atoms with Crippen molar-refractivity contribution >= 4 is 33.1 Å². The van der Waals surface area contributed by atoms with Crippen LogP contribution in [0.5, 0.6) is 0 Å². The van der Waals surface area contributed by atoms with E-state index in [1.54, 1.807) is 0 Å². The third-order valence-electron chi connectivity index (χ3n) is 6.99. The molecular weight excluding hydrogens is 458 g/mol. The van der Waals surface area contributed by atoms with Crippen LogP contribution in [0.15, 0.2) is 103 Å². The van der Waals surface area contributed by atoms with Crippen LogP contribution < -0.4 is 0 Å². The van der Waals surface area contributed by atoms with Crippen molar-refractivity contribution in [2.75, 3.05) is 0 Å². The van der Waals surface area contributed by atoms with Crippen LogP contribution in [0.25, 0.3) is 66.1 Å². The monoisotopic (exact) mass is 474 g/mol. The van der Waals surface area contributed by atoms with E-state index < -0.39 is 0 Å². The van der Waals surface area contributed by atoms with E-state index in [1.165, 1.54) is 29.7 Å². The van der Waals surface area contributed by atoms with Crippen molar-refractivity contribution in [1.29, 1.82) is 0 Å². The molecule has 35 heavy (non-hydrogen) atoms. The summed E-state index contributed by atoms with van der Waals surface area (Å²) in [7, 11) is 0. The molecule has 1 aliphatic carbocycles. The van der Waals surface area contributed by atoms with Gasteiger partial charge in [0.1, 0.15) is 11.6 Å². The van der Waals surface area contributed by atoms with Gasteiger partial charge >= 0.3 is 0 Å². The molecule has 0 saturated heterocycles. The summed E-state index contributed by atoms with van der Waals surface area (Å²) in [4.78, 5) is 0. The van der Waals surface area contributed by atoms with Gasteiger partial charge in [-0.15, -0.1) is 0 Å². The van der Waals surface area contributed by atoms with Gasteiger partial charge in [-0.05, 0) is 91.0 Å². The van der Waals surface area contributed by atoms with Crippen molar-refractivity contribution < 1.29 is 8.78 Å². The molecule has 0 nitrogen and oxygen atoms in total. The number of hydrogen-bond donors (Lipinski definition) is 0. The van der Waals surface area contributed by atoms with E-state index in [1.807, 2.05) is 36.4 Å². The van der Waals surface area contributed by atoms with Crippen molar-refractivity contribution in [1.82, 2.24) is 0 Å². The molecule has 0 bridgehead atoms. The second kappa shape index (κ2) is 7.49. The highest BCUT2D eigenvalue weighted by Gasteiger charge is 2.31. The Morgan fingerprint density at radius 1 is 0.457 bits per heavy atom. The molecule has 0 radical (unpaired) electrons. The molecule has 0 spiro atoms. The van der Waals surface area contributed by atoms with Gasteiger partial charge in [-0.1, -0.05) is 84.4 Å². The van der Waals surface area contributed by atoms with E-state index in [4.69, 9.17) is 11.6 Å². The fourth-order valence-electron chi connectivity index (χ4n) is 5.61. The highest BCUT2D eigenvalue weighted by atomic mass is 35.5. The number of rotatable bonds is 2. The minimum Gasteiger partial charge on any atom is -0.207 e. The predicted octanol–water partition coefficient (Wildman–Crippen LogP) is 9.91. The summed E-state index contributed by atoms with van der Waals surface area (Å²) < 4.78 is 27.9. The highest BCUT2D eigenvalue weighted by molar-refractivity contribution is 6.39. The molecule has 0 saturated carbocycles. The van der Waals surface area contributed by atoms with E-state index in [0.717, 1.165) is 60.7 Å². The summed E-state index contributed by atoms with van der Waals surface area (Å²) in [6, 6.07) is 31.8. The smallest absolute Gasteiger partial charge is 0.123 e. The first-order valence-electron chi connectivity index (χ1n) is 11.4. The van der Waals surface area contributed by atoms with E-state index in [2.05, 4.69) is 42.5 Å². The second-order valence-corrected chi connectivity index (χ2v) is 9.29. The summed E-state index contributed by atoms with van der Waals surface area (Å²) in [5.41, 5.74) is 8.25. The summed E-state index contributed by atoms with van der Waals surface area (Å²) in [5.74, 6) is -0.560. The van der Waals surface area contributed by atoms with Crippen molar-refractivity contribution in [2.24, 2.45) is 0 Å². The molecule has 3 heteroatoms. The minimum absolute atomic E-state index is 0.277. The van der Waals surface area contributed by atoms with E-state index in [9.17, 15) is 8.78 Å². The maximum absolute atomic E-state index is 13.9. The lowest BCUT2D eigenvalue weighted by Crippen LogP contribution is -1.94. The van der Waals surface area contributed by atoms with Gasteiger partial charge in [-0.3, -0.25) is 0 Å². The topological polar surface area (TPSA) is 0 Å². The molecule has 0 unspecified atom stereocenters. The van der Waals surface area contributed by atoms with E-state index in [-0.39, 0.29) is 11.6 Å². The zero-order valence-electron chi connectivity index (χ0n) is 18.4. The summed E-state index contributed by atoms with van der Waals surface area (Å²) >= 11 is 6.91. The van der Waals surface area contributed by atoms with Gasteiger partial charge in [0.05, 0.1) is 0 Å². The van der Waals surface area contributed by atoms with Gasteiger partial charge in [-0.2, -0.15) is 0 Å². The zero-order chi connectivity index (χ0) is 23.7. The molecule has 0 amide bonds. The Kier molecular flexibility index (Phi) is 4.36. The van der Waals surface area contributed by atoms with E-state index in [0.29, 0.717) is 5.02 Å². The first-order chi connectivity index (χ1) is 17.1. The number of fused-ring (bicyclic) bond motifs is 4. The van der Waals surface area contributed by atoms with Gasteiger partial charge in [-0.25, -0.2) is 8.78 Å². The van der Waals surface area contributed by atoms with Crippen molar-refractivity contribution in [2.45, 2.75) is 0 Å². The normalized spacial score (nSPS) is 11.9. The standard InChI is InChI=1S/C32H17ClF2/c33-26-9-3-8-25-28(19-10-14-21(34)15-11-19)31-23-6-1-4-18-5-2-7-24(27(18)23)32(31)29(30(25)26)20-12-16-22(35)17-13-20/h1-17H. The lowest BCUT2D eigenvalue weighted by atomic mass is 9.82. The predicted molar refractivity (Wildman–Crippen MR) is 142 cm³/mol. The largest absolute Gasteiger partial charge is 0.207 e. The lowest BCUT2D eigenvalue weighted by molar-refractivity contribution is 0.627. The minimum atomic E-state index is -0.283. The Bertz CT molecular complexity index is 1790. The van der Waals surface area contributed by atoms with Gasteiger partial charge in [0, 0.05) is 10.4 Å². The number of halogens is 3. The maximum atomic E-state index is 13.9. The van der Waals surface area contributed by atoms with Crippen molar-refractivity contribution in [3.05, 3.63) is 120 Å². The van der Waals surface area contributed by atoms with Crippen LogP contribution in [-0.2, 0) is 0 Å². The third kappa shape index (κ3) is 2.90. The van der Waals surface area contributed by atoms with E-state index >= 15 is 0 Å². The maximum Gasteiger partial charge on any atom is 0.123 e. The van der Waals surface area contributed by atoms with Crippen LogP contribution in [0, 0.1) is 11.6 Å². The Labute approximate surface area is 206 Å². The molecular formula is C32H17ClF2. The molecule has 0 atom stereocenters. The van der Waals surface area contributed by atoms with Gasteiger partial charge in [0.2, 0.25) is 0 Å². The molecule has 0 heterocycles. The van der Waals surface area contributed by atoms with Crippen LogP contribution in [0.4, 0.5) is 8.78 Å². The molecule has 6 aromatic rings. The molecule has 0 N–H and O–H groups in total. The molecule has 0 fully saturated rings. The third-order valence-corrected chi connectivity index (χ3v) is 7.31. The summed E-state index contributed by atoms with van der Waals surface area (Å²) in [6.07, 6.45) is 0. The SMILES string of the molecule is Fc1ccc(-c2c3c(c(-c4ccc(F)cc4)c4c(Cl)cccc24)-c2cccc4cccc-3c24)cc1. The molecule has 0 aromatic heterocycles. The quantitative estimate of drug-likeness (QED) is 0.234. The van der Waals surface area contributed by atoms with Crippen LogP contribution in [-0.4, -0.2) is 0 Å². The molecule has 1 aliphatic rings. The summed E-state index contributed by atoms with van der Waals surface area (Å²) in [5, 5.41) is 4.84. The Morgan fingerprint density at radius 3 is 1.57 bits per heavy atom. The van der Waals surface area contributed by atoms with Crippen molar-refractivity contribution in [3.8, 4) is 44.5 Å². The summed E-state index contributed by atoms with van der Waals surface area (Å²) in [6.45, 7) is 0. The van der Waals surface area contributed by atoms with Gasteiger partial charge in [0.15, 0.2) is 0 Å². The highest BCUT2D eigenvalue weighted by Crippen LogP contribution is 2.58.